The Balaban J connectivity index is 1.70. The van der Waals surface area contributed by atoms with Gasteiger partial charge in [0.25, 0.3) is 0 Å². The Hall–Kier alpha value is -2.50. The number of aromatic nitrogens is 2. The first-order valence-corrected chi connectivity index (χ1v) is 8.07. The maximum atomic E-state index is 4.59. The Kier molecular flexibility index (Phi) is 6.97. The summed E-state index contributed by atoms with van der Waals surface area (Å²) in [6.07, 6.45) is 2.81. The lowest BCUT2D eigenvalue weighted by molar-refractivity contribution is 0.705. The molecule has 1 heterocycles. The van der Waals surface area contributed by atoms with E-state index in [4.69, 9.17) is 0 Å². The Morgan fingerprint density at radius 1 is 1.13 bits per heavy atom. The van der Waals surface area contributed by atoms with Crippen LogP contribution in [-0.2, 0) is 13.6 Å². The van der Waals surface area contributed by atoms with E-state index in [2.05, 4.69) is 45.1 Å². The molecular weight excluding hydrogens is 288 g/mol. The number of nitrogens with one attached hydrogen (secondary N) is 3. The molecule has 23 heavy (non-hydrogen) atoms. The number of benzene rings is 1. The lowest BCUT2D eigenvalue weighted by atomic mass is 10.3. The molecule has 0 aliphatic carbocycles. The summed E-state index contributed by atoms with van der Waals surface area (Å²) in [6.45, 7) is 5.33. The predicted molar refractivity (Wildman–Crippen MR) is 95.6 cm³/mol. The van der Waals surface area contributed by atoms with Gasteiger partial charge in [0.1, 0.15) is 0 Å². The zero-order valence-corrected chi connectivity index (χ0v) is 13.9. The van der Waals surface area contributed by atoms with Crippen LogP contribution in [0.25, 0.3) is 0 Å². The summed E-state index contributed by atoms with van der Waals surface area (Å²) in [5.41, 5.74) is 2.25. The van der Waals surface area contributed by atoms with Crippen LogP contribution in [-0.4, -0.2) is 35.4 Å². The van der Waals surface area contributed by atoms with Gasteiger partial charge in [0.05, 0.1) is 12.2 Å². The van der Waals surface area contributed by atoms with Gasteiger partial charge in [-0.3, -0.25) is 4.68 Å². The van der Waals surface area contributed by atoms with Gasteiger partial charge in [0, 0.05) is 38.6 Å². The van der Waals surface area contributed by atoms with Gasteiger partial charge in [-0.05, 0) is 31.5 Å². The third-order valence-corrected chi connectivity index (χ3v) is 3.41. The molecule has 0 atom stereocenters. The number of para-hydroxylation sites is 1. The molecule has 0 saturated heterocycles. The van der Waals surface area contributed by atoms with Crippen molar-refractivity contribution in [2.24, 2.45) is 12.0 Å². The summed E-state index contributed by atoms with van der Waals surface area (Å²) in [5.74, 6) is 0.841. The van der Waals surface area contributed by atoms with Crippen LogP contribution < -0.4 is 16.0 Å². The van der Waals surface area contributed by atoms with Gasteiger partial charge in [0.15, 0.2) is 5.96 Å². The molecule has 0 fully saturated rings. The standard InChI is InChI=1S/C17H26N6/c1-3-18-17(21-14-16-10-13-22-23(16)2)20-12-7-11-19-15-8-5-4-6-9-15/h4-6,8-10,13,19H,3,7,11-12,14H2,1-2H3,(H2,18,20,21). The van der Waals surface area contributed by atoms with Gasteiger partial charge in [-0.25, -0.2) is 4.99 Å². The molecule has 0 saturated carbocycles. The highest BCUT2D eigenvalue weighted by Gasteiger charge is 2.00. The highest BCUT2D eigenvalue weighted by atomic mass is 15.3. The smallest absolute Gasteiger partial charge is 0.191 e. The topological polar surface area (TPSA) is 66.3 Å². The molecule has 0 amide bonds. The zero-order valence-electron chi connectivity index (χ0n) is 13.9. The van der Waals surface area contributed by atoms with Crippen LogP contribution in [0.2, 0.25) is 0 Å². The quantitative estimate of drug-likeness (QED) is 0.396. The van der Waals surface area contributed by atoms with Gasteiger partial charge < -0.3 is 16.0 Å². The van der Waals surface area contributed by atoms with Gasteiger partial charge in [-0.2, -0.15) is 5.10 Å². The molecule has 1 aromatic carbocycles. The Bertz CT molecular complexity index is 590. The van der Waals surface area contributed by atoms with Crippen molar-refractivity contribution in [2.75, 3.05) is 25.0 Å². The van der Waals surface area contributed by atoms with Crippen molar-refractivity contribution in [3.63, 3.8) is 0 Å². The summed E-state index contributed by atoms with van der Waals surface area (Å²) in [6, 6.07) is 12.2. The number of hydrogen-bond donors (Lipinski definition) is 3. The van der Waals surface area contributed by atoms with Crippen LogP contribution in [0, 0.1) is 0 Å². The highest BCUT2D eigenvalue weighted by Crippen LogP contribution is 2.04. The van der Waals surface area contributed by atoms with E-state index in [1.807, 2.05) is 36.0 Å². The maximum absolute atomic E-state index is 4.59. The Morgan fingerprint density at radius 2 is 1.96 bits per heavy atom. The number of anilines is 1. The lowest BCUT2D eigenvalue weighted by Crippen LogP contribution is -2.38. The average molecular weight is 314 g/mol. The Morgan fingerprint density at radius 3 is 2.65 bits per heavy atom. The molecule has 0 aliphatic heterocycles. The van der Waals surface area contributed by atoms with E-state index >= 15 is 0 Å². The van der Waals surface area contributed by atoms with E-state index in [1.165, 1.54) is 0 Å². The fourth-order valence-corrected chi connectivity index (χ4v) is 2.14. The SMILES string of the molecule is CCNC(=NCc1ccnn1C)NCCCNc1ccccc1. The first kappa shape index (κ1) is 16.9. The van der Waals surface area contributed by atoms with E-state index in [1.54, 1.807) is 6.20 Å². The second-order valence-electron chi connectivity index (χ2n) is 5.21. The molecule has 0 bridgehead atoms. The minimum absolute atomic E-state index is 0.619. The molecule has 1 aromatic heterocycles. The minimum Gasteiger partial charge on any atom is -0.385 e. The van der Waals surface area contributed by atoms with Crippen molar-refractivity contribution in [2.45, 2.75) is 19.9 Å². The molecule has 0 aliphatic rings. The molecule has 124 valence electrons. The van der Waals surface area contributed by atoms with Crippen molar-refractivity contribution in [3.8, 4) is 0 Å². The van der Waals surface area contributed by atoms with Crippen molar-refractivity contribution >= 4 is 11.6 Å². The number of hydrogen-bond acceptors (Lipinski definition) is 3. The predicted octanol–water partition coefficient (Wildman–Crippen LogP) is 1.98. The van der Waals surface area contributed by atoms with E-state index < -0.39 is 0 Å². The summed E-state index contributed by atoms with van der Waals surface area (Å²) < 4.78 is 1.84. The molecular formula is C17H26N6. The fraction of sp³-hybridized carbons (Fsp3) is 0.412. The summed E-state index contributed by atoms with van der Waals surface area (Å²) >= 11 is 0. The van der Waals surface area contributed by atoms with Gasteiger partial charge >= 0.3 is 0 Å². The molecule has 2 rings (SSSR count). The fourth-order valence-electron chi connectivity index (χ4n) is 2.14. The Labute approximate surface area is 138 Å². The molecule has 0 radical (unpaired) electrons. The van der Waals surface area contributed by atoms with E-state index in [-0.39, 0.29) is 0 Å². The third kappa shape index (κ3) is 6.02. The van der Waals surface area contributed by atoms with Crippen molar-refractivity contribution in [1.82, 2.24) is 20.4 Å². The summed E-state index contributed by atoms with van der Waals surface area (Å²) in [7, 11) is 1.93. The van der Waals surface area contributed by atoms with Crippen LogP contribution >= 0.6 is 0 Å². The van der Waals surface area contributed by atoms with Crippen molar-refractivity contribution in [3.05, 3.63) is 48.3 Å². The van der Waals surface area contributed by atoms with E-state index in [9.17, 15) is 0 Å². The van der Waals surface area contributed by atoms with Crippen LogP contribution in [0.1, 0.15) is 19.0 Å². The largest absolute Gasteiger partial charge is 0.385 e. The minimum atomic E-state index is 0.619. The maximum Gasteiger partial charge on any atom is 0.191 e. The second-order valence-corrected chi connectivity index (χ2v) is 5.21. The van der Waals surface area contributed by atoms with Gasteiger partial charge in [-0.15, -0.1) is 0 Å². The van der Waals surface area contributed by atoms with Gasteiger partial charge in [0.2, 0.25) is 0 Å². The van der Waals surface area contributed by atoms with Crippen LogP contribution in [0.5, 0.6) is 0 Å². The van der Waals surface area contributed by atoms with E-state index in [0.717, 1.165) is 43.4 Å². The zero-order chi connectivity index (χ0) is 16.3. The van der Waals surface area contributed by atoms with Crippen LogP contribution in [0.4, 0.5) is 5.69 Å². The van der Waals surface area contributed by atoms with Gasteiger partial charge in [-0.1, -0.05) is 18.2 Å². The van der Waals surface area contributed by atoms with Crippen LogP contribution in [0.3, 0.4) is 0 Å². The monoisotopic (exact) mass is 314 g/mol. The number of guanidine groups is 1. The lowest BCUT2D eigenvalue weighted by Gasteiger charge is -2.12. The molecule has 0 spiro atoms. The number of rotatable bonds is 8. The number of aliphatic imine (C=N–C) groups is 1. The molecule has 6 heteroatoms. The molecule has 3 N–H and O–H groups in total. The summed E-state index contributed by atoms with van der Waals surface area (Å²) in [4.78, 5) is 4.59. The highest BCUT2D eigenvalue weighted by molar-refractivity contribution is 5.79. The first-order chi connectivity index (χ1) is 11.3. The van der Waals surface area contributed by atoms with Crippen LogP contribution in [0.15, 0.2) is 47.6 Å². The van der Waals surface area contributed by atoms with Crippen molar-refractivity contribution < 1.29 is 0 Å². The van der Waals surface area contributed by atoms with E-state index in [0.29, 0.717) is 6.54 Å². The molecule has 0 unspecified atom stereocenters. The number of aryl methyl sites for hydroxylation is 1. The first-order valence-electron chi connectivity index (χ1n) is 8.07. The number of nitrogens with zero attached hydrogens (tertiary/aromatic N) is 3. The molecule has 6 nitrogen and oxygen atoms in total. The molecule has 2 aromatic rings. The second kappa shape index (κ2) is 9.50. The summed E-state index contributed by atoms with van der Waals surface area (Å²) in [5, 5.41) is 14.2. The normalized spacial score (nSPS) is 11.3. The average Bonchev–Trinajstić information content (AvgIpc) is 2.98. The van der Waals surface area contributed by atoms with Crippen molar-refractivity contribution in [1.29, 1.82) is 0 Å². The third-order valence-electron chi connectivity index (χ3n) is 3.41.